The van der Waals surface area contributed by atoms with Crippen molar-refractivity contribution >= 4 is 29.0 Å². The number of carbonyl (C=O) groups is 1. The minimum absolute atomic E-state index is 0.0558. The van der Waals surface area contributed by atoms with E-state index >= 15 is 0 Å². The number of nitrogens with zero attached hydrogens (tertiary/aromatic N) is 3. The fourth-order valence-corrected chi connectivity index (χ4v) is 3.46. The number of rotatable bonds is 6. The number of amides is 1. The molecule has 124 valence electrons. The Morgan fingerprint density at radius 2 is 2.08 bits per heavy atom. The van der Waals surface area contributed by atoms with Gasteiger partial charge in [0, 0.05) is 17.5 Å². The van der Waals surface area contributed by atoms with E-state index in [9.17, 15) is 9.18 Å². The molecule has 1 N–H and O–H groups in total. The van der Waals surface area contributed by atoms with Gasteiger partial charge in [-0.25, -0.2) is 4.39 Å². The number of thiophene rings is 1. The highest BCUT2D eigenvalue weighted by molar-refractivity contribution is 7.99. The van der Waals surface area contributed by atoms with Crippen LogP contribution in [0.5, 0.6) is 0 Å². The van der Waals surface area contributed by atoms with Crippen LogP contribution in [0.1, 0.15) is 4.88 Å². The molecule has 0 aliphatic rings. The highest BCUT2D eigenvalue weighted by atomic mass is 32.2. The van der Waals surface area contributed by atoms with E-state index in [-0.39, 0.29) is 17.5 Å². The Morgan fingerprint density at radius 3 is 2.79 bits per heavy atom. The molecule has 0 aliphatic carbocycles. The number of benzene rings is 1. The van der Waals surface area contributed by atoms with Crippen molar-refractivity contribution in [2.75, 3.05) is 5.75 Å². The van der Waals surface area contributed by atoms with Crippen LogP contribution >= 0.6 is 23.1 Å². The van der Waals surface area contributed by atoms with E-state index in [4.69, 9.17) is 0 Å². The van der Waals surface area contributed by atoms with Crippen molar-refractivity contribution in [1.29, 1.82) is 0 Å². The molecule has 0 radical (unpaired) electrons. The minimum atomic E-state index is -0.294. The third-order valence-electron chi connectivity index (χ3n) is 3.31. The second kappa shape index (κ2) is 7.59. The molecule has 2 heterocycles. The van der Waals surface area contributed by atoms with Crippen LogP contribution < -0.4 is 5.32 Å². The summed E-state index contributed by atoms with van der Waals surface area (Å²) in [6, 6.07) is 10.0. The van der Waals surface area contributed by atoms with E-state index in [0.717, 1.165) is 10.4 Å². The van der Waals surface area contributed by atoms with Crippen molar-refractivity contribution in [3.8, 4) is 11.4 Å². The monoisotopic (exact) mass is 362 g/mol. The lowest BCUT2D eigenvalue weighted by Gasteiger charge is -2.05. The van der Waals surface area contributed by atoms with Gasteiger partial charge in [-0.2, -0.15) is 0 Å². The topological polar surface area (TPSA) is 59.8 Å². The molecular weight excluding hydrogens is 347 g/mol. The lowest BCUT2D eigenvalue weighted by atomic mass is 10.2. The predicted molar refractivity (Wildman–Crippen MR) is 93.3 cm³/mol. The lowest BCUT2D eigenvalue weighted by Crippen LogP contribution is -2.24. The van der Waals surface area contributed by atoms with Crippen LogP contribution in [0.4, 0.5) is 4.39 Å². The van der Waals surface area contributed by atoms with E-state index in [1.54, 1.807) is 28.0 Å². The van der Waals surface area contributed by atoms with Gasteiger partial charge in [-0.15, -0.1) is 21.5 Å². The molecule has 3 aromatic rings. The number of halogens is 1. The number of thioether (sulfide) groups is 1. The molecule has 0 atom stereocenters. The van der Waals surface area contributed by atoms with Gasteiger partial charge in [0.25, 0.3) is 0 Å². The first-order chi connectivity index (χ1) is 11.6. The summed E-state index contributed by atoms with van der Waals surface area (Å²) in [7, 11) is 1.82. The summed E-state index contributed by atoms with van der Waals surface area (Å²) in [5.41, 5.74) is 0.778. The van der Waals surface area contributed by atoms with E-state index in [1.807, 2.05) is 24.6 Å². The number of hydrogen-bond donors (Lipinski definition) is 1. The zero-order valence-corrected chi connectivity index (χ0v) is 14.5. The van der Waals surface area contributed by atoms with Gasteiger partial charge in [0.15, 0.2) is 11.0 Å². The molecule has 0 saturated heterocycles. The zero-order valence-electron chi connectivity index (χ0n) is 12.9. The fourth-order valence-electron chi connectivity index (χ4n) is 2.07. The average Bonchev–Trinajstić information content (AvgIpc) is 3.22. The van der Waals surface area contributed by atoms with Gasteiger partial charge in [0.1, 0.15) is 5.82 Å². The van der Waals surface area contributed by atoms with Crippen molar-refractivity contribution < 1.29 is 9.18 Å². The highest BCUT2D eigenvalue weighted by Crippen LogP contribution is 2.22. The average molecular weight is 362 g/mol. The zero-order chi connectivity index (χ0) is 16.9. The molecule has 0 bridgehead atoms. The summed E-state index contributed by atoms with van der Waals surface area (Å²) in [6.45, 7) is 0.538. The molecule has 0 spiro atoms. The number of carbonyl (C=O) groups excluding carboxylic acids is 1. The van der Waals surface area contributed by atoms with Crippen LogP contribution in [-0.4, -0.2) is 26.4 Å². The summed E-state index contributed by atoms with van der Waals surface area (Å²) < 4.78 is 14.8. The standard InChI is InChI=1S/C16H15FN4OS2/c1-21-15(11-4-6-12(17)7-5-11)19-20-16(21)24-10-14(22)18-9-13-3-2-8-23-13/h2-8H,9-10H2,1H3,(H,18,22). The molecule has 0 unspecified atom stereocenters. The quantitative estimate of drug-likeness (QED) is 0.685. The van der Waals surface area contributed by atoms with Crippen molar-refractivity contribution in [2.24, 2.45) is 7.05 Å². The Labute approximate surface area is 146 Å². The molecule has 5 nitrogen and oxygen atoms in total. The Balaban J connectivity index is 1.58. The maximum absolute atomic E-state index is 13.0. The third kappa shape index (κ3) is 4.01. The Bertz CT molecular complexity index is 815. The van der Waals surface area contributed by atoms with Crippen LogP contribution in [-0.2, 0) is 18.4 Å². The third-order valence-corrected chi connectivity index (χ3v) is 5.21. The van der Waals surface area contributed by atoms with E-state index in [2.05, 4.69) is 15.5 Å². The van der Waals surface area contributed by atoms with E-state index in [1.165, 1.54) is 23.9 Å². The smallest absolute Gasteiger partial charge is 0.230 e. The van der Waals surface area contributed by atoms with E-state index < -0.39 is 0 Å². The molecule has 1 aromatic carbocycles. The SMILES string of the molecule is Cn1c(SCC(=O)NCc2cccs2)nnc1-c1ccc(F)cc1. The molecule has 0 fully saturated rings. The first-order valence-corrected chi connectivity index (χ1v) is 9.07. The normalized spacial score (nSPS) is 10.8. The lowest BCUT2D eigenvalue weighted by molar-refractivity contribution is -0.118. The highest BCUT2D eigenvalue weighted by Gasteiger charge is 2.13. The summed E-state index contributed by atoms with van der Waals surface area (Å²) in [5, 5.41) is 13.7. The predicted octanol–water partition coefficient (Wildman–Crippen LogP) is 3.09. The molecule has 2 aromatic heterocycles. The Morgan fingerprint density at radius 1 is 1.29 bits per heavy atom. The summed E-state index contributed by atoms with van der Waals surface area (Å²) in [4.78, 5) is 13.0. The second-order valence-corrected chi connectivity index (χ2v) is 6.99. The van der Waals surface area contributed by atoms with Gasteiger partial charge in [-0.05, 0) is 35.7 Å². The van der Waals surface area contributed by atoms with Gasteiger partial charge in [0.05, 0.1) is 12.3 Å². The van der Waals surface area contributed by atoms with Gasteiger partial charge in [0.2, 0.25) is 5.91 Å². The molecular formula is C16H15FN4OS2. The number of nitrogens with one attached hydrogen (secondary N) is 1. The summed E-state index contributed by atoms with van der Waals surface area (Å²) in [6.07, 6.45) is 0. The first kappa shape index (κ1) is 16.7. The van der Waals surface area contributed by atoms with Crippen LogP contribution in [0, 0.1) is 5.82 Å². The van der Waals surface area contributed by atoms with Crippen molar-refractivity contribution in [2.45, 2.75) is 11.7 Å². The molecule has 0 aliphatic heterocycles. The molecule has 0 saturated carbocycles. The number of hydrogen-bond acceptors (Lipinski definition) is 5. The minimum Gasteiger partial charge on any atom is -0.350 e. The maximum Gasteiger partial charge on any atom is 0.230 e. The maximum atomic E-state index is 13.0. The first-order valence-electron chi connectivity index (χ1n) is 7.20. The van der Waals surface area contributed by atoms with Gasteiger partial charge < -0.3 is 9.88 Å². The van der Waals surface area contributed by atoms with Gasteiger partial charge in [-0.3, -0.25) is 4.79 Å². The van der Waals surface area contributed by atoms with Crippen LogP contribution in [0.2, 0.25) is 0 Å². The fraction of sp³-hybridized carbons (Fsp3) is 0.188. The largest absolute Gasteiger partial charge is 0.350 e. The van der Waals surface area contributed by atoms with E-state index in [0.29, 0.717) is 17.5 Å². The molecule has 8 heteroatoms. The Hall–Kier alpha value is -2.19. The molecule has 3 rings (SSSR count). The van der Waals surface area contributed by atoms with Crippen molar-refractivity contribution in [3.05, 3.63) is 52.5 Å². The summed E-state index contributed by atoms with van der Waals surface area (Å²) in [5.74, 6) is 0.551. The van der Waals surface area contributed by atoms with Gasteiger partial charge >= 0.3 is 0 Å². The van der Waals surface area contributed by atoms with Crippen LogP contribution in [0.3, 0.4) is 0 Å². The second-order valence-electron chi connectivity index (χ2n) is 5.02. The number of aromatic nitrogens is 3. The molecule has 24 heavy (non-hydrogen) atoms. The van der Waals surface area contributed by atoms with Crippen LogP contribution in [0.15, 0.2) is 46.9 Å². The van der Waals surface area contributed by atoms with Crippen molar-refractivity contribution in [3.63, 3.8) is 0 Å². The summed E-state index contributed by atoms with van der Waals surface area (Å²) >= 11 is 2.93. The van der Waals surface area contributed by atoms with Gasteiger partial charge in [-0.1, -0.05) is 17.8 Å². The Kier molecular flexibility index (Phi) is 5.27. The molecule has 1 amide bonds. The van der Waals surface area contributed by atoms with Crippen LogP contribution in [0.25, 0.3) is 11.4 Å². The van der Waals surface area contributed by atoms with Crippen molar-refractivity contribution in [1.82, 2.24) is 20.1 Å².